The van der Waals surface area contributed by atoms with E-state index in [1.807, 2.05) is 12.1 Å². The standard InChI is InChI=1S/C26H22O/c27-24-13-7-8-20(18-24)14-15-21-16-17-25(22-9-3-1-4-10-22)26(19-21)23-11-5-2-6-12-23/h1-13,16-19,27H,14-15H2. The number of phenols is 1. The molecule has 0 aromatic heterocycles. The fourth-order valence-electron chi connectivity index (χ4n) is 3.47. The van der Waals surface area contributed by atoms with Crippen LogP contribution in [-0.4, -0.2) is 5.11 Å². The molecule has 0 heterocycles. The predicted molar refractivity (Wildman–Crippen MR) is 113 cm³/mol. The average Bonchev–Trinajstić information content (AvgIpc) is 2.73. The molecule has 1 N–H and O–H groups in total. The lowest BCUT2D eigenvalue weighted by Crippen LogP contribution is -1.94. The number of aromatic hydroxyl groups is 1. The molecule has 0 atom stereocenters. The Morgan fingerprint density at radius 1 is 0.481 bits per heavy atom. The summed E-state index contributed by atoms with van der Waals surface area (Å²) in [5.74, 6) is 0.330. The first kappa shape index (κ1) is 17.1. The number of benzene rings is 4. The lowest BCUT2D eigenvalue weighted by atomic mass is 9.91. The Hall–Kier alpha value is -3.32. The zero-order valence-electron chi connectivity index (χ0n) is 15.2. The maximum absolute atomic E-state index is 9.67. The van der Waals surface area contributed by atoms with Crippen LogP contribution in [0, 0.1) is 0 Å². The molecule has 0 saturated heterocycles. The van der Waals surface area contributed by atoms with E-state index in [2.05, 4.69) is 84.9 Å². The van der Waals surface area contributed by atoms with E-state index in [-0.39, 0.29) is 0 Å². The molecule has 0 unspecified atom stereocenters. The minimum atomic E-state index is 0.330. The topological polar surface area (TPSA) is 20.2 Å². The van der Waals surface area contributed by atoms with Crippen LogP contribution in [0.5, 0.6) is 5.75 Å². The highest BCUT2D eigenvalue weighted by atomic mass is 16.3. The Morgan fingerprint density at radius 2 is 1.07 bits per heavy atom. The molecule has 0 aliphatic carbocycles. The molecule has 4 rings (SSSR count). The van der Waals surface area contributed by atoms with Gasteiger partial charge in [-0.15, -0.1) is 0 Å². The van der Waals surface area contributed by atoms with Gasteiger partial charge in [0.2, 0.25) is 0 Å². The van der Waals surface area contributed by atoms with Crippen LogP contribution in [0.25, 0.3) is 22.3 Å². The minimum absolute atomic E-state index is 0.330. The van der Waals surface area contributed by atoms with Gasteiger partial charge in [-0.1, -0.05) is 91.0 Å². The Labute approximate surface area is 160 Å². The van der Waals surface area contributed by atoms with Gasteiger partial charge in [0.05, 0.1) is 0 Å². The lowest BCUT2D eigenvalue weighted by Gasteiger charge is -2.13. The third kappa shape index (κ3) is 4.09. The summed E-state index contributed by atoms with van der Waals surface area (Å²) in [7, 11) is 0. The SMILES string of the molecule is Oc1cccc(CCc2ccc(-c3ccccc3)c(-c3ccccc3)c2)c1. The minimum Gasteiger partial charge on any atom is -0.508 e. The summed E-state index contributed by atoms with van der Waals surface area (Å²) in [5, 5.41) is 9.67. The molecule has 0 aliphatic heterocycles. The molecule has 27 heavy (non-hydrogen) atoms. The van der Waals surface area contributed by atoms with Crippen LogP contribution < -0.4 is 0 Å². The average molecular weight is 350 g/mol. The molecule has 4 aromatic carbocycles. The monoisotopic (exact) mass is 350 g/mol. The van der Waals surface area contributed by atoms with Crippen molar-refractivity contribution < 1.29 is 5.11 Å². The van der Waals surface area contributed by atoms with E-state index in [4.69, 9.17) is 0 Å². The van der Waals surface area contributed by atoms with E-state index >= 15 is 0 Å². The van der Waals surface area contributed by atoms with Crippen molar-refractivity contribution >= 4 is 0 Å². The van der Waals surface area contributed by atoms with Gasteiger partial charge in [0.25, 0.3) is 0 Å². The first-order valence-electron chi connectivity index (χ1n) is 9.31. The summed E-state index contributed by atoms with van der Waals surface area (Å²) in [5.41, 5.74) is 7.44. The zero-order valence-corrected chi connectivity index (χ0v) is 15.2. The lowest BCUT2D eigenvalue weighted by molar-refractivity contribution is 0.474. The van der Waals surface area contributed by atoms with Gasteiger partial charge in [-0.2, -0.15) is 0 Å². The van der Waals surface area contributed by atoms with Gasteiger partial charge in [0, 0.05) is 0 Å². The molecule has 0 saturated carbocycles. The quantitative estimate of drug-likeness (QED) is 0.435. The van der Waals surface area contributed by atoms with Gasteiger partial charge in [0.1, 0.15) is 5.75 Å². The maximum atomic E-state index is 9.67. The number of hydrogen-bond donors (Lipinski definition) is 1. The number of rotatable bonds is 5. The molecule has 132 valence electrons. The van der Waals surface area contributed by atoms with Gasteiger partial charge in [-0.25, -0.2) is 0 Å². The van der Waals surface area contributed by atoms with Crippen molar-refractivity contribution in [1.82, 2.24) is 0 Å². The summed E-state index contributed by atoms with van der Waals surface area (Å²) in [4.78, 5) is 0. The number of phenolic OH excluding ortho intramolecular Hbond substituents is 1. The van der Waals surface area contributed by atoms with Crippen molar-refractivity contribution in [2.75, 3.05) is 0 Å². The Bertz CT molecular complexity index is 1020. The van der Waals surface area contributed by atoms with Gasteiger partial charge in [-0.3, -0.25) is 0 Å². The van der Waals surface area contributed by atoms with Gasteiger partial charge in [-0.05, 0) is 58.4 Å². The fourth-order valence-corrected chi connectivity index (χ4v) is 3.47. The Kier molecular flexibility index (Phi) is 5.02. The fraction of sp³-hybridized carbons (Fsp3) is 0.0769. The largest absolute Gasteiger partial charge is 0.508 e. The van der Waals surface area contributed by atoms with Gasteiger partial charge < -0.3 is 5.11 Å². The molecular formula is C26H22O. The van der Waals surface area contributed by atoms with E-state index in [9.17, 15) is 5.11 Å². The van der Waals surface area contributed by atoms with Crippen molar-refractivity contribution in [3.05, 3.63) is 114 Å². The molecule has 0 fully saturated rings. The molecule has 0 aliphatic rings. The van der Waals surface area contributed by atoms with Gasteiger partial charge in [0.15, 0.2) is 0 Å². The summed E-state index contributed by atoms with van der Waals surface area (Å²) in [6, 6.07) is 35.4. The summed E-state index contributed by atoms with van der Waals surface area (Å²) in [6.07, 6.45) is 1.85. The second-order valence-electron chi connectivity index (χ2n) is 6.78. The second kappa shape index (κ2) is 7.92. The van der Waals surface area contributed by atoms with Crippen molar-refractivity contribution in [3.8, 4) is 28.0 Å². The molecule has 0 amide bonds. The summed E-state index contributed by atoms with van der Waals surface area (Å²) in [6.45, 7) is 0. The second-order valence-corrected chi connectivity index (χ2v) is 6.78. The third-order valence-electron chi connectivity index (χ3n) is 4.87. The first-order chi connectivity index (χ1) is 13.3. The molecule has 1 heteroatoms. The van der Waals surface area contributed by atoms with Crippen molar-refractivity contribution in [1.29, 1.82) is 0 Å². The van der Waals surface area contributed by atoms with Crippen molar-refractivity contribution in [2.24, 2.45) is 0 Å². The predicted octanol–water partition coefficient (Wildman–Crippen LogP) is 6.51. The van der Waals surface area contributed by atoms with Crippen molar-refractivity contribution in [2.45, 2.75) is 12.8 Å². The zero-order chi connectivity index (χ0) is 18.5. The maximum Gasteiger partial charge on any atom is 0.115 e. The molecule has 0 spiro atoms. The number of aryl methyl sites for hydroxylation is 2. The van der Waals surface area contributed by atoms with E-state index < -0.39 is 0 Å². The summed E-state index contributed by atoms with van der Waals surface area (Å²) >= 11 is 0. The van der Waals surface area contributed by atoms with E-state index in [1.165, 1.54) is 27.8 Å². The van der Waals surface area contributed by atoms with Crippen LogP contribution in [0.4, 0.5) is 0 Å². The van der Waals surface area contributed by atoms with E-state index in [0.717, 1.165) is 18.4 Å². The smallest absolute Gasteiger partial charge is 0.115 e. The summed E-state index contributed by atoms with van der Waals surface area (Å²) < 4.78 is 0. The normalized spacial score (nSPS) is 10.7. The van der Waals surface area contributed by atoms with E-state index in [1.54, 1.807) is 6.07 Å². The first-order valence-corrected chi connectivity index (χ1v) is 9.31. The highest BCUT2D eigenvalue weighted by Gasteiger charge is 2.09. The van der Waals surface area contributed by atoms with Crippen LogP contribution in [-0.2, 0) is 12.8 Å². The third-order valence-corrected chi connectivity index (χ3v) is 4.87. The van der Waals surface area contributed by atoms with Crippen LogP contribution in [0.2, 0.25) is 0 Å². The molecule has 0 bridgehead atoms. The highest BCUT2D eigenvalue weighted by Crippen LogP contribution is 2.33. The van der Waals surface area contributed by atoms with Crippen LogP contribution >= 0.6 is 0 Å². The van der Waals surface area contributed by atoms with Crippen LogP contribution in [0.15, 0.2) is 103 Å². The number of hydrogen-bond acceptors (Lipinski definition) is 1. The molecular weight excluding hydrogens is 328 g/mol. The van der Waals surface area contributed by atoms with Crippen molar-refractivity contribution in [3.63, 3.8) is 0 Å². The van der Waals surface area contributed by atoms with E-state index in [0.29, 0.717) is 5.75 Å². The molecule has 1 nitrogen and oxygen atoms in total. The Morgan fingerprint density at radius 3 is 1.70 bits per heavy atom. The highest BCUT2D eigenvalue weighted by molar-refractivity contribution is 5.83. The molecule has 4 aromatic rings. The molecule has 0 radical (unpaired) electrons. The van der Waals surface area contributed by atoms with Crippen LogP contribution in [0.3, 0.4) is 0 Å². The Balaban J connectivity index is 1.68. The van der Waals surface area contributed by atoms with Gasteiger partial charge >= 0.3 is 0 Å². The van der Waals surface area contributed by atoms with Crippen LogP contribution in [0.1, 0.15) is 11.1 Å².